The Morgan fingerprint density at radius 1 is 1.36 bits per heavy atom. The van der Waals surface area contributed by atoms with Crippen LogP contribution >= 0.6 is 11.6 Å². The van der Waals surface area contributed by atoms with Crippen molar-refractivity contribution in [3.05, 3.63) is 34.4 Å². The van der Waals surface area contributed by atoms with E-state index in [1.807, 2.05) is 0 Å². The van der Waals surface area contributed by atoms with E-state index in [4.69, 9.17) is 17.0 Å². The monoisotopic (exact) mass is 175 g/mol. The first kappa shape index (κ1) is 8.14. The summed E-state index contributed by atoms with van der Waals surface area (Å²) in [5.74, 6) is -1.66. The molecule has 1 N–H and O–H groups in total. The standard InChI is InChI=1S/C7H4ClF2N/c8-5-1-2-6(9)4(3-11)7(5)10/h1-3,11H. The van der Waals surface area contributed by atoms with Crippen LogP contribution in [-0.4, -0.2) is 6.21 Å². The SMILES string of the molecule is N=Cc1c(F)ccc(Cl)c1F. The number of rotatable bonds is 1. The maximum absolute atomic E-state index is 12.7. The zero-order chi connectivity index (χ0) is 8.43. The van der Waals surface area contributed by atoms with E-state index in [1.54, 1.807) is 0 Å². The molecule has 0 aliphatic carbocycles. The molecular weight excluding hydrogens is 172 g/mol. The highest BCUT2D eigenvalue weighted by atomic mass is 35.5. The molecule has 0 amide bonds. The molecule has 0 aliphatic heterocycles. The fourth-order valence-corrected chi connectivity index (χ4v) is 0.840. The first-order valence-corrected chi connectivity index (χ1v) is 3.18. The summed E-state index contributed by atoms with van der Waals surface area (Å²) in [6.45, 7) is 0. The van der Waals surface area contributed by atoms with Crippen LogP contribution in [0.15, 0.2) is 12.1 Å². The van der Waals surface area contributed by atoms with Crippen LogP contribution < -0.4 is 0 Å². The van der Waals surface area contributed by atoms with E-state index in [1.165, 1.54) is 0 Å². The highest BCUT2D eigenvalue weighted by Crippen LogP contribution is 2.18. The first-order chi connectivity index (χ1) is 5.16. The minimum absolute atomic E-state index is 0.176. The normalized spacial score (nSPS) is 9.73. The van der Waals surface area contributed by atoms with Gasteiger partial charge >= 0.3 is 0 Å². The van der Waals surface area contributed by atoms with E-state index in [0.29, 0.717) is 6.21 Å². The second kappa shape index (κ2) is 2.96. The molecule has 1 nitrogen and oxygen atoms in total. The van der Waals surface area contributed by atoms with Crippen molar-refractivity contribution in [1.29, 1.82) is 5.41 Å². The largest absolute Gasteiger partial charge is 0.308 e. The van der Waals surface area contributed by atoms with Crippen LogP contribution in [0.25, 0.3) is 0 Å². The van der Waals surface area contributed by atoms with Gasteiger partial charge in [-0.1, -0.05) is 11.6 Å². The molecular formula is C7H4ClF2N. The molecule has 58 valence electrons. The highest BCUT2D eigenvalue weighted by molar-refractivity contribution is 6.31. The lowest BCUT2D eigenvalue weighted by Gasteiger charge is -1.98. The van der Waals surface area contributed by atoms with Crippen LogP contribution in [0.2, 0.25) is 5.02 Å². The average Bonchev–Trinajstić information content (AvgIpc) is 1.99. The molecule has 0 saturated heterocycles. The van der Waals surface area contributed by atoms with Crippen LogP contribution in [0.5, 0.6) is 0 Å². The van der Waals surface area contributed by atoms with Crippen molar-refractivity contribution in [3.8, 4) is 0 Å². The molecule has 0 spiro atoms. The minimum atomic E-state index is -0.887. The Hall–Kier alpha value is -0.960. The quantitative estimate of drug-likeness (QED) is 0.501. The number of hydrogen-bond donors (Lipinski definition) is 1. The van der Waals surface area contributed by atoms with Crippen LogP contribution in [-0.2, 0) is 0 Å². The van der Waals surface area contributed by atoms with E-state index in [0.717, 1.165) is 12.1 Å². The fraction of sp³-hybridized carbons (Fsp3) is 0. The molecule has 0 atom stereocenters. The fourth-order valence-electron chi connectivity index (χ4n) is 0.675. The lowest BCUT2D eigenvalue weighted by atomic mass is 10.2. The number of nitrogens with one attached hydrogen (secondary N) is 1. The van der Waals surface area contributed by atoms with Gasteiger partial charge in [-0.05, 0) is 12.1 Å². The maximum Gasteiger partial charge on any atom is 0.153 e. The van der Waals surface area contributed by atoms with Crippen molar-refractivity contribution in [1.82, 2.24) is 0 Å². The Bertz CT molecular complexity index is 299. The van der Waals surface area contributed by atoms with Crippen LogP contribution in [0.3, 0.4) is 0 Å². The molecule has 0 saturated carbocycles. The molecule has 1 aromatic carbocycles. The van der Waals surface area contributed by atoms with Crippen molar-refractivity contribution in [2.24, 2.45) is 0 Å². The van der Waals surface area contributed by atoms with E-state index in [2.05, 4.69) is 0 Å². The molecule has 1 rings (SSSR count). The summed E-state index contributed by atoms with van der Waals surface area (Å²) >= 11 is 5.32. The van der Waals surface area contributed by atoms with Crippen molar-refractivity contribution >= 4 is 17.8 Å². The summed E-state index contributed by atoms with van der Waals surface area (Å²) in [5, 5.41) is 6.48. The predicted octanol–water partition coefficient (Wildman–Crippen LogP) is 2.62. The average molecular weight is 176 g/mol. The van der Waals surface area contributed by atoms with Crippen LogP contribution in [0, 0.1) is 17.0 Å². The van der Waals surface area contributed by atoms with Crippen molar-refractivity contribution in [2.45, 2.75) is 0 Å². The molecule has 11 heavy (non-hydrogen) atoms. The van der Waals surface area contributed by atoms with Crippen molar-refractivity contribution < 1.29 is 8.78 Å². The second-order valence-electron chi connectivity index (χ2n) is 1.90. The van der Waals surface area contributed by atoms with Crippen molar-refractivity contribution in [2.75, 3.05) is 0 Å². The summed E-state index contributed by atoms with van der Waals surface area (Å²) in [4.78, 5) is 0. The Morgan fingerprint density at radius 3 is 2.45 bits per heavy atom. The van der Waals surface area contributed by atoms with Gasteiger partial charge in [0.05, 0.1) is 10.6 Å². The van der Waals surface area contributed by atoms with Crippen LogP contribution in [0.1, 0.15) is 5.56 Å². The van der Waals surface area contributed by atoms with Gasteiger partial charge in [-0.25, -0.2) is 8.78 Å². The van der Waals surface area contributed by atoms with Gasteiger partial charge in [0.25, 0.3) is 0 Å². The van der Waals surface area contributed by atoms with Gasteiger partial charge in [0.1, 0.15) is 5.82 Å². The molecule has 0 aliphatic rings. The van der Waals surface area contributed by atoms with E-state index in [-0.39, 0.29) is 5.02 Å². The Labute approximate surface area is 67.1 Å². The molecule has 0 aromatic heterocycles. The molecule has 0 heterocycles. The Morgan fingerprint density at radius 2 is 2.00 bits per heavy atom. The molecule has 0 bridgehead atoms. The maximum atomic E-state index is 12.7. The third-order valence-corrected chi connectivity index (χ3v) is 1.52. The number of benzene rings is 1. The van der Waals surface area contributed by atoms with Gasteiger partial charge < -0.3 is 5.41 Å². The molecule has 4 heteroatoms. The zero-order valence-corrected chi connectivity index (χ0v) is 6.12. The highest BCUT2D eigenvalue weighted by Gasteiger charge is 2.08. The third-order valence-electron chi connectivity index (χ3n) is 1.22. The van der Waals surface area contributed by atoms with Crippen LogP contribution in [0.4, 0.5) is 8.78 Å². The number of hydrogen-bond acceptors (Lipinski definition) is 1. The summed E-state index contributed by atoms with van der Waals surface area (Å²) in [5.41, 5.74) is -0.405. The van der Waals surface area contributed by atoms with E-state index >= 15 is 0 Å². The Kier molecular flexibility index (Phi) is 2.19. The topological polar surface area (TPSA) is 23.9 Å². The van der Waals surface area contributed by atoms with E-state index < -0.39 is 17.2 Å². The lowest BCUT2D eigenvalue weighted by Crippen LogP contribution is -1.93. The summed E-state index contributed by atoms with van der Waals surface area (Å²) in [6.07, 6.45) is 0.594. The van der Waals surface area contributed by atoms with Gasteiger partial charge in [-0.15, -0.1) is 0 Å². The molecule has 0 radical (unpaired) electrons. The molecule has 0 fully saturated rings. The second-order valence-corrected chi connectivity index (χ2v) is 2.31. The van der Waals surface area contributed by atoms with Gasteiger partial charge in [0.2, 0.25) is 0 Å². The van der Waals surface area contributed by atoms with Crippen molar-refractivity contribution in [3.63, 3.8) is 0 Å². The molecule has 1 aromatic rings. The van der Waals surface area contributed by atoms with Gasteiger partial charge in [-0.3, -0.25) is 0 Å². The molecule has 0 unspecified atom stereocenters. The number of halogens is 3. The smallest absolute Gasteiger partial charge is 0.153 e. The van der Waals surface area contributed by atoms with Gasteiger partial charge in [0, 0.05) is 6.21 Å². The predicted molar refractivity (Wildman–Crippen MR) is 39.3 cm³/mol. The van der Waals surface area contributed by atoms with E-state index in [9.17, 15) is 8.78 Å². The zero-order valence-electron chi connectivity index (χ0n) is 5.37. The third kappa shape index (κ3) is 1.38. The summed E-state index contributed by atoms with van der Waals surface area (Å²) in [6, 6.07) is 2.13. The van der Waals surface area contributed by atoms with Gasteiger partial charge in [-0.2, -0.15) is 0 Å². The Balaban J connectivity index is 3.40. The minimum Gasteiger partial charge on any atom is -0.308 e. The lowest BCUT2D eigenvalue weighted by molar-refractivity contribution is 0.580. The summed E-state index contributed by atoms with van der Waals surface area (Å²) in [7, 11) is 0. The summed E-state index contributed by atoms with van der Waals surface area (Å²) < 4.78 is 25.3. The van der Waals surface area contributed by atoms with Gasteiger partial charge in [0.15, 0.2) is 5.82 Å². The first-order valence-electron chi connectivity index (χ1n) is 2.80.